The molecule has 0 atom stereocenters. The summed E-state index contributed by atoms with van der Waals surface area (Å²) >= 11 is 0. The Morgan fingerprint density at radius 1 is 1.00 bits per heavy atom. The number of nitrogens with one attached hydrogen (secondary N) is 2. The standard InChI is InChI=1S/C22H29N5O/c1-27(2)17-19-11-8-12-20(15-19)28-14-7-6-13-23-22-24-21(25-26-22)16-18-9-4-3-5-10-18/h3-5,8-12,15H,6-7,13-14,16-17H2,1-2H3,(H2,23,24,25,26). The second-order valence-electron chi connectivity index (χ2n) is 7.14. The highest BCUT2D eigenvalue weighted by molar-refractivity contribution is 5.28. The van der Waals surface area contributed by atoms with Crippen LogP contribution in [0.1, 0.15) is 29.8 Å². The molecule has 0 saturated heterocycles. The van der Waals surface area contributed by atoms with Crippen LogP contribution in [0.15, 0.2) is 54.6 Å². The van der Waals surface area contributed by atoms with Crippen molar-refractivity contribution in [3.8, 4) is 5.75 Å². The first-order valence-electron chi connectivity index (χ1n) is 9.74. The molecule has 0 aliphatic rings. The minimum Gasteiger partial charge on any atom is -0.494 e. The molecule has 0 aliphatic heterocycles. The Hall–Kier alpha value is -2.86. The number of H-pyrrole nitrogens is 1. The van der Waals surface area contributed by atoms with Crippen LogP contribution in [0.5, 0.6) is 5.75 Å². The lowest BCUT2D eigenvalue weighted by Crippen LogP contribution is -2.10. The zero-order valence-corrected chi connectivity index (χ0v) is 16.7. The van der Waals surface area contributed by atoms with Gasteiger partial charge in [0, 0.05) is 19.5 Å². The van der Waals surface area contributed by atoms with Crippen molar-refractivity contribution in [3.05, 3.63) is 71.5 Å². The molecule has 6 nitrogen and oxygen atoms in total. The Kier molecular flexibility index (Phi) is 7.44. The summed E-state index contributed by atoms with van der Waals surface area (Å²) in [4.78, 5) is 6.64. The number of aromatic amines is 1. The topological polar surface area (TPSA) is 66.1 Å². The van der Waals surface area contributed by atoms with Gasteiger partial charge >= 0.3 is 0 Å². The Balaban J connectivity index is 1.32. The molecule has 3 rings (SSSR count). The molecule has 28 heavy (non-hydrogen) atoms. The van der Waals surface area contributed by atoms with Crippen LogP contribution in [-0.2, 0) is 13.0 Å². The van der Waals surface area contributed by atoms with Gasteiger partial charge in [-0.05, 0) is 50.2 Å². The first kappa shape index (κ1) is 19.9. The highest BCUT2D eigenvalue weighted by atomic mass is 16.5. The fourth-order valence-electron chi connectivity index (χ4n) is 2.96. The van der Waals surface area contributed by atoms with Gasteiger partial charge in [0.2, 0.25) is 5.95 Å². The average molecular weight is 380 g/mol. The van der Waals surface area contributed by atoms with Crippen LogP contribution in [0.3, 0.4) is 0 Å². The van der Waals surface area contributed by atoms with E-state index < -0.39 is 0 Å². The van der Waals surface area contributed by atoms with Crippen LogP contribution in [0.2, 0.25) is 0 Å². The van der Waals surface area contributed by atoms with Crippen molar-refractivity contribution in [2.75, 3.05) is 32.6 Å². The minimum absolute atomic E-state index is 0.656. The lowest BCUT2D eigenvalue weighted by Gasteiger charge is -2.11. The van der Waals surface area contributed by atoms with Gasteiger partial charge in [0.25, 0.3) is 0 Å². The molecule has 0 spiro atoms. The molecular weight excluding hydrogens is 350 g/mol. The highest BCUT2D eigenvalue weighted by Crippen LogP contribution is 2.15. The maximum absolute atomic E-state index is 5.87. The van der Waals surface area contributed by atoms with Crippen molar-refractivity contribution in [3.63, 3.8) is 0 Å². The molecule has 0 bridgehead atoms. The van der Waals surface area contributed by atoms with E-state index in [1.165, 1.54) is 11.1 Å². The molecule has 148 valence electrons. The monoisotopic (exact) mass is 379 g/mol. The van der Waals surface area contributed by atoms with Crippen LogP contribution in [0.4, 0.5) is 5.95 Å². The minimum atomic E-state index is 0.656. The predicted octanol–water partition coefficient (Wildman–Crippen LogP) is 3.73. The molecule has 0 fully saturated rings. The van der Waals surface area contributed by atoms with Gasteiger partial charge < -0.3 is 15.0 Å². The number of benzene rings is 2. The highest BCUT2D eigenvalue weighted by Gasteiger charge is 2.04. The first-order chi connectivity index (χ1) is 13.7. The zero-order valence-electron chi connectivity index (χ0n) is 16.7. The summed E-state index contributed by atoms with van der Waals surface area (Å²) in [7, 11) is 4.14. The van der Waals surface area contributed by atoms with E-state index in [9.17, 15) is 0 Å². The van der Waals surface area contributed by atoms with E-state index in [1.54, 1.807) is 0 Å². The van der Waals surface area contributed by atoms with Crippen LogP contribution in [0, 0.1) is 0 Å². The van der Waals surface area contributed by atoms with Gasteiger partial charge in [0.05, 0.1) is 6.61 Å². The smallest absolute Gasteiger partial charge is 0.242 e. The lowest BCUT2D eigenvalue weighted by molar-refractivity contribution is 0.307. The summed E-state index contributed by atoms with van der Waals surface area (Å²) < 4.78 is 5.87. The number of hydrogen-bond acceptors (Lipinski definition) is 5. The van der Waals surface area contributed by atoms with Gasteiger partial charge in [-0.25, -0.2) is 0 Å². The van der Waals surface area contributed by atoms with Crippen molar-refractivity contribution in [2.24, 2.45) is 0 Å². The maximum Gasteiger partial charge on any atom is 0.242 e. The van der Waals surface area contributed by atoms with E-state index in [0.29, 0.717) is 12.6 Å². The van der Waals surface area contributed by atoms with Crippen molar-refractivity contribution in [2.45, 2.75) is 25.8 Å². The van der Waals surface area contributed by atoms with E-state index in [0.717, 1.165) is 43.9 Å². The number of nitrogens with zero attached hydrogens (tertiary/aromatic N) is 3. The summed E-state index contributed by atoms with van der Waals surface area (Å²) in [5.41, 5.74) is 2.48. The maximum atomic E-state index is 5.87. The summed E-state index contributed by atoms with van der Waals surface area (Å²) in [6.45, 7) is 2.46. The van der Waals surface area contributed by atoms with Gasteiger partial charge in [-0.2, -0.15) is 4.98 Å². The van der Waals surface area contributed by atoms with E-state index in [1.807, 2.05) is 30.3 Å². The molecule has 0 saturated carbocycles. The van der Waals surface area contributed by atoms with Crippen molar-refractivity contribution < 1.29 is 4.74 Å². The molecule has 1 heterocycles. The SMILES string of the molecule is CN(C)Cc1cccc(OCCCCNc2n[nH]c(Cc3ccccc3)n2)c1. The Bertz CT molecular complexity index is 832. The third-order valence-electron chi connectivity index (χ3n) is 4.27. The molecule has 1 aromatic heterocycles. The molecular formula is C22H29N5O. The van der Waals surface area contributed by atoms with Crippen molar-refractivity contribution in [1.82, 2.24) is 20.1 Å². The Morgan fingerprint density at radius 2 is 1.82 bits per heavy atom. The van der Waals surface area contributed by atoms with Gasteiger partial charge in [-0.15, -0.1) is 5.10 Å². The van der Waals surface area contributed by atoms with E-state index in [-0.39, 0.29) is 0 Å². The largest absolute Gasteiger partial charge is 0.494 e. The quantitative estimate of drug-likeness (QED) is 0.497. The molecule has 2 aromatic carbocycles. The number of ether oxygens (including phenoxy) is 1. The Morgan fingerprint density at radius 3 is 2.64 bits per heavy atom. The van der Waals surface area contributed by atoms with Crippen molar-refractivity contribution in [1.29, 1.82) is 0 Å². The second kappa shape index (κ2) is 10.5. The fraction of sp³-hybridized carbons (Fsp3) is 0.364. The third kappa shape index (κ3) is 6.70. The van der Waals surface area contributed by atoms with Gasteiger partial charge in [-0.1, -0.05) is 42.5 Å². The van der Waals surface area contributed by atoms with Crippen LogP contribution in [-0.4, -0.2) is 47.3 Å². The normalized spacial score (nSPS) is 11.0. The van der Waals surface area contributed by atoms with Crippen LogP contribution >= 0.6 is 0 Å². The third-order valence-corrected chi connectivity index (χ3v) is 4.27. The zero-order chi connectivity index (χ0) is 19.6. The lowest BCUT2D eigenvalue weighted by atomic mass is 10.1. The van der Waals surface area contributed by atoms with Crippen LogP contribution in [0.25, 0.3) is 0 Å². The van der Waals surface area contributed by atoms with E-state index in [4.69, 9.17) is 4.74 Å². The number of unbranched alkanes of at least 4 members (excludes halogenated alkanes) is 1. The predicted molar refractivity (Wildman–Crippen MR) is 113 cm³/mol. The molecule has 6 heteroatoms. The van der Waals surface area contributed by atoms with E-state index >= 15 is 0 Å². The van der Waals surface area contributed by atoms with Gasteiger partial charge in [0.1, 0.15) is 11.6 Å². The molecule has 0 aliphatic carbocycles. The molecule has 0 amide bonds. The molecule has 0 radical (unpaired) electrons. The molecule has 3 aromatic rings. The van der Waals surface area contributed by atoms with Gasteiger partial charge in [-0.3, -0.25) is 5.10 Å². The first-order valence-corrected chi connectivity index (χ1v) is 9.74. The summed E-state index contributed by atoms with van der Waals surface area (Å²) in [5, 5.41) is 10.5. The fourth-order valence-corrected chi connectivity index (χ4v) is 2.96. The average Bonchev–Trinajstić information content (AvgIpc) is 3.12. The molecule has 2 N–H and O–H groups in total. The summed E-state index contributed by atoms with van der Waals surface area (Å²) in [5.74, 6) is 2.46. The van der Waals surface area contributed by atoms with Crippen molar-refractivity contribution >= 4 is 5.95 Å². The summed E-state index contributed by atoms with van der Waals surface area (Å²) in [6, 6.07) is 18.6. The number of rotatable bonds is 11. The second-order valence-corrected chi connectivity index (χ2v) is 7.14. The number of hydrogen-bond donors (Lipinski definition) is 2. The number of anilines is 1. The van der Waals surface area contributed by atoms with Crippen LogP contribution < -0.4 is 10.1 Å². The summed E-state index contributed by atoms with van der Waals surface area (Å²) in [6.07, 6.45) is 2.74. The Labute approximate surface area is 167 Å². The van der Waals surface area contributed by atoms with E-state index in [2.05, 4.69) is 63.8 Å². The number of aromatic nitrogens is 3. The molecule has 0 unspecified atom stereocenters. The van der Waals surface area contributed by atoms with Gasteiger partial charge in [0.15, 0.2) is 0 Å².